The molecule has 0 fully saturated rings. The van der Waals surface area contributed by atoms with Crippen LogP contribution in [0.3, 0.4) is 0 Å². The highest BCUT2D eigenvalue weighted by molar-refractivity contribution is 5.63. The van der Waals surface area contributed by atoms with Crippen molar-refractivity contribution in [3.8, 4) is 11.1 Å². The molecule has 0 aliphatic carbocycles. The van der Waals surface area contributed by atoms with E-state index in [1.165, 1.54) is 18.3 Å². The zero-order chi connectivity index (χ0) is 14.8. The van der Waals surface area contributed by atoms with Crippen molar-refractivity contribution in [1.29, 1.82) is 0 Å². The lowest BCUT2D eigenvalue weighted by Crippen LogP contribution is -2.27. The maximum absolute atomic E-state index is 12.3. The van der Waals surface area contributed by atoms with Crippen LogP contribution in [0.2, 0.25) is 0 Å². The predicted molar refractivity (Wildman–Crippen MR) is 71.6 cm³/mol. The number of halogens is 3. The summed E-state index contributed by atoms with van der Waals surface area (Å²) in [7, 11) is 0. The van der Waals surface area contributed by atoms with Gasteiger partial charge in [0.15, 0.2) is 0 Å². The maximum Gasteiger partial charge on any atom is 0.406 e. The first-order valence-corrected chi connectivity index (χ1v) is 6.25. The van der Waals surface area contributed by atoms with E-state index < -0.39 is 18.3 Å². The minimum absolute atomic E-state index is 0.628. The molecule has 0 bridgehead atoms. The molecule has 5 heteroatoms. The number of aryl methyl sites for hydroxylation is 1. The Morgan fingerprint density at radius 2 is 1.80 bits per heavy atom. The van der Waals surface area contributed by atoms with Crippen LogP contribution >= 0.6 is 0 Å². The number of nitrogens with zero attached hydrogens (tertiary/aromatic N) is 1. The van der Waals surface area contributed by atoms with Gasteiger partial charge in [-0.25, -0.2) is 0 Å². The lowest BCUT2D eigenvalue weighted by atomic mass is 10.0. The highest BCUT2D eigenvalue weighted by Crippen LogP contribution is 2.20. The van der Waals surface area contributed by atoms with Crippen molar-refractivity contribution in [2.24, 2.45) is 0 Å². The first-order chi connectivity index (χ1) is 9.39. The zero-order valence-corrected chi connectivity index (χ0v) is 10.9. The first kappa shape index (κ1) is 14.4. The molecule has 20 heavy (non-hydrogen) atoms. The number of hydrogen-bond donors (Lipinski definition) is 0. The summed E-state index contributed by atoms with van der Waals surface area (Å²) in [5.41, 5.74) is 1.92. The second-order valence-corrected chi connectivity index (χ2v) is 4.55. The molecule has 0 radical (unpaired) electrons. The highest BCUT2D eigenvalue weighted by Gasteiger charge is 2.28. The van der Waals surface area contributed by atoms with Crippen LogP contribution in [0.25, 0.3) is 11.1 Å². The lowest BCUT2D eigenvalue weighted by molar-refractivity contribution is -0.141. The number of aromatic nitrogens is 1. The molecule has 2 nitrogen and oxygen atoms in total. The summed E-state index contributed by atoms with van der Waals surface area (Å²) in [6, 6.07) is 10.4. The van der Waals surface area contributed by atoms with Gasteiger partial charge in [-0.3, -0.25) is 4.79 Å². The zero-order valence-electron chi connectivity index (χ0n) is 10.9. The molecule has 0 spiro atoms. The fraction of sp³-hybridized carbons (Fsp3) is 0.267. The summed E-state index contributed by atoms with van der Waals surface area (Å²) in [6.07, 6.45) is -2.35. The van der Waals surface area contributed by atoms with Crippen molar-refractivity contribution in [2.75, 3.05) is 0 Å². The van der Waals surface area contributed by atoms with Gasteiger partial charge in [-0.1, -0.05) is 31.2 Å². The molecule has 0 aliphatic heterocycles. The Balaban J connectivity index is 2.35. The molecule has 2 rings (SSSR count). The van der Waals surface area contributed by atoms with Crippen molar-refractivity contribution >= 4 is 0 Å². The normalized spacial score (nSPS) is 11.6. The standard InChI is InChI=1S/C15H14F3NO/c1-2-11-4-3-5-12(8-11)13-6-7-19(14(20)9-13)10-15(16,17)18/h3-9H,2,10H2,1H3. The quantitative estimate of drug-likeness (QED) is 0.842. The molecule has 1 aromatic heterocycles. The monoisotopic (exact) mass is 281 g/mol. The van der Waals surface area contributed by atoms with Gasteiger partial charge in [0.05, 0.1) is 0 Å². The van der Waals surface area contributed by atoms with Gasteiger partial charge >= 0.3 is 6.18 Å². The van der Waals surface area contributed by atoms with Gasteiger partial charge in [-0.15, -0.1) is 0 Å². The van der Waals surface area contributed by atoms with Crippen LogP contribution in [0, 0.1) is 0 Å². The van der Waals surface area contributed by atoms with Gasteiger partial charge < -0.3 is 4.57 Å². The van der Waals surface area contributed by atoms with Crippen LogP contribution in [0.1, 0.15) is 12.5 Å². The molecule has 0 atom stereocenters. The van der Waals surface area contributed by atoms with Crippen LogP contribution in [-0.4, -0.2) is 10.7 Å². The third-order valence-corrected chi connectivity index (χ3v) is 3.01. The summed E-state index contributed by atoms with van der Waals surface area (Å²) < 4.78 is 37.5. The molecule has 1 heterocycles. The summed E-state index contributed by atoms with van der Waals surface area (Å²) in [4.78, 5) is 11.7. The average Bonchev–Trinajstić information content (AvgIpc) is 2.40. The molecule has 1 aromatic carbocycles. The molecule has 0 aliphatic rings. The van der Waals surface area contributed by atoms with Crippen LogP contribution in [0.4, 0.5) is 13.2 Å². The molecule has 0 N–H and O–H groups in total. The first-order valence-electron chi connectivity index (χ1n) is 6.25. The smallest absolute Gasteiger partial charge is 0.306 e. The molecule has 2 aromatic rings. The third-order valence-electron chi connectivity index (χ3n) is 3.01. The van der Waals surface area contributed by atoms with E-state index in [-0.39, 0.29) is 0 Å². The number of pyridine rings is 1. The summed E-state index contributed by atoms with van der Waals surface area (Å²) in [5, 5.41) is 0. The molecule has 0 unspecified atom stereocenters. The van der Waals surface area contributed by atoms with Gasteiger partial charge in [-0.05, 0) is 29.2 Å². The summed E-state index contributed by atoms with van der Waals surface area (Å²) >= 11 is 0. The van der Waals surface area contributed by atoms with Gasteiger partial charge in [0.1, 0.15) is 6.54 Å². The van der Waals surface area contributed by atoms with Crippen molar-refractivity contribution in [3.05, 3.63) is 58.5 Å². The number of hydrogen-bond acceptors (Lipinski definition) is 1. The number of benzene rings is 1. The minimum Gasteiger partial charge on any atom is -0.306 e. The van der Waals surface area contributed by atoms with Crippen LogP contribution in [0.15, 0.2) is 47.4 Å². The summed E-state index contributed by atoms with van der Waals surface area (Å²) in [6.45, 7) is 0.752. The van der Waals surface area contributed by atoms with Crippen LogP contribution in [0.5, 0.6) is 0 Å². The number of rotatable bonds is 3. The maximum atomic E-state index is 12.3. The molecule has 0 amide bonds. The Kier molecular flexibility index (Phi) is 3.97. The number of alkyl halides is 3. The van der Waals surface area contributed by atoms with Gasteiger partial charge in [-0.2, -0.15) is 13.2 Å². The van der Waals surface area contributed by atoms with E-state index in [4.69, 9.17) is 0 Å². The third kappa shape index (κ3) is 3.50. The van der Waals surface area contributed by atoms with E-state index in [1.54, 1.807) is 0 Å². The minimum atomic E-state index is -4.40. The van der Waals surface area contributed by atoms with Crippen molar-refractivity contribution < 1.29 is 13.2 Å². The van der Waals surface area contributed by atoms with E-state index >= 15 is 0 Å². The topological polar surface area (TPSA) is 22.0 Å². The Labute approximate surface area is 114 Å². The fourth-order valence-corrected chi connectivity index (χ4v) is 1.98. The second-order valence-electron chi connectivity index (χ2n) is 4.55. The van der Waals surface area contributed by atoms with Gasteiger partial charge in [0, 0.05) is 12.3 Å². The summed E-state index contributed by atoms with van der Waals surface area (Å²) in [5.74, 6) is 0. The lowest BCUT2D eigenvalue weighted by Gasteiger charge is -2.10. The SMILES string of the molecule is CCc1cccc(-c2ccn(CC(F)(F)F)c(=O)c2)c1. The van der Waals surface area contributed by atoms with E-state index in [0.29, 0.717) is 10.1 Å². The van der Waals surface area contributed by atoms with E-state index in [1.807, 2.05) is 31.2 Å². The Morgan fingerprint density at radius 3 is 2.40 bits per heavy atom. The Bertz CT molecular complexity index is 659. The highest BCUT2D eigenvalue weighted by atomic mass is 19.4. The fourth-order valence-electron chi connectivity index (χ4n) is 1.98. The predicted octanol–water partition coefficient (Wildman–Crippen LogP) is 3.64. The second kappa shape index (κ2) is 5.53. The van der Waals surface area contributed by atoms with E-state index in [9.17, 15) is 18.0 Å². The molecular formula is C15H14F3NO. The average molecular weight is 281 g/mol. The van der Waals surface area contributed by atoms with Gasteiger partial charge in [0.25, 0.3) is 5.56 Å². The van der Waals surface area contributed by atoms with Crippen LogP contribution in [-0.2, 0) is 13.0 Å². The Morgan fingerprint density at radius 1 is 1.10 bits per heavy atom. The van der Waals surface area contributed by atoms with Crippen molar-refractivity contribution in [2.45, 2.75) is 26.1 Å². The van der Waals surface area contributed by atoms with Crippen molar-refractivity contribution in [3.63, 3.8) is 0 Å². The largest absolute Gasteiger partial charge is 0.406 e. The van der Waals surface area contributed by atoms with Gasteiger partial charge in [0.2, 0.25) is 0 Å². The molecular weight excluding hydrogens is 267 g/mol. The molecule has 0 saturated heterocycles. The van der Waals surface area contributed by atoms with Crippen LogP contribution < -0.4 is 5.56 Å². The van der Waals surface area contributed by atoms with Crippen molar-refractivity contribution in [1.82, 2.24) is 4.57 Å². The van der Waals surface area contributed by atoms with E-state index in [0.717, 1.165) is 17.5 Å². The Hall–Kier alpha value is -2.04. The van der Waals surface area contributed by atoms with E-state index in [2.05, 4.69) is 0 Å². The molecule has 106 valence electrons. The molecule has 0 saturated carbocycles.